The molecule has 0 saturated carbocycles. The summed E-state index contributed by atoms with van der Waals surface area (Å²) in [6.07, 6.45) is 0.608. The van der Waals surface area contributed by atoms with Gasteiger partial charge in [-0.15, -0.1) is 11.3 Å². The van der Waals surface area contributed by atoms with Gasteiger partial charge in [-0.05, 0) is 12.5 Å². The molecule has 0 aliphatic carbocycles. The maximum atomic E-state index is 11.4. The van der Waals surface area contributed by atoms with Crippen molar-refractivity contribution in [3.63, 3.8) is 0 Å². The Kier molecular flexibility index (Phi) is 3.13. The first kappa shape index (κ1) is 12.4. The number of thiophene rings is 1. The number of hydrogen-bond acceptors (Lipinski definition) is 5. The molecule has 17 heavy (non-hydrogen) atoms. The topological polar surface area (TPSA) is 74.7 Å². The van der Waals surface area contributed by atoms with E-state index in [0.717, 1.165) is 17.0 Å². The lowest BCUT2D eigenvalue weighted by Crippen LogP contribution is -2.32. The van der Waals surface area contributed by atoms with Gasteiger partial charge in [-0.2, -0.15) is 0 Å². The molecule has 1 aliphatic heterocycles. The molecule has 0 bridgehead atoms. The molecule has 5 nitrogen and oxygen atoms in total. The van der Waals surface area contributed by atoms with Gasteiger partial charge in [0, 0.05) is 24.2 Å². The van der Waals surface area contributed by atoms with Crippen molar-refractivity contribution in [3.8, 4) is 0 Å². The number of carboxylic acid groups (broad SMARTS) is 1. The minimum Gasteiger partial charge on any atom is -0.477 e. The van der Waals surface area contributed by atoms with Gasteiger partial charge < -0.3 is 10.0 Å². The van der Waals surface area contributed by atoms with Crippen molar-refractivity contribution < 1.29 is 18.3 Å². The third-order valence-electron chi connectivity index (χ3n) is 2.96. The standard InChI is InChI=1S/C10H13NO4S2/c1-11(7-2-3-17(14,15)6-7)8-4-9(10(12)13)16-5-8/h4-5,7H,2-3,6H2,1H3,(H,12,13). The minimum absolute atomic E-state index is 0.0451. The number of sulfone groups is 1. The van der Waals surface area contributed by atoms with Gasteiger partial charge in [0.1, 0.15) is 4.88 Å². The molecule has 1 N–H and O–H groups in total. The average molecular weight is 275 g/mol. The van der Waals surface area contributed by atoms with Gasteiger partial charge in [0.25, 0.3) is 0 Å². The molecule has 1 aliphatic rings. The molecule has 2 rings (SSSR count). The molecule has 7 heteroatoms. The van der Waals surface area contributed by atoms with E-state index < -0.39 is 15.8 Å². The fourth-order valence-electron chi connectivity index (χ4n) is 1.91. The second kappa shape index (κ2) is 4.30. The van der Waals surface area contributed by atoms with Crippen molar-refractivity contribution in [2.24, 2.45) is 0 Å². The van der Waals surface area contributed by atoms with E-state index in [2.05, 4.69) is 0 Å². The predicted octanol–water partition coefficient (Wildman–Crippen LogP) is 1.07. The van der Waals surface area contributed by atoms with Crippen LogP contribution in [0.4, 0.5) is 5.69 Å². The van der Waals surface area contributed by atoms with Crippen LogP contribution < -0.4 is 4.90 Å². The van der Waals surface area contributed by atoms with E-state index in [0.29, 0.717) is 6.42 Å². The zero-order chi connectivity index (χ0) is 12.6. The monoisotopic (exact) mass is 275 g/mol. The first-order chi connectivity index (χ1) is 7.89. The highest BCUT2D eigenvalue weighted by atomic mass is 32.2. The normalized spacial score (nSPS) is 22.5. The molecule has 1 aromatic heterocycles. The van der Waals surface area contributed by atoms with E-state index in [1.54, 1.807) is 18.5 Å². The molecule has 1 aromatic rings. The molecule has 0 amide bonds. The molecule has 0 spiro atoms. The number of anilines is 1. The summed E-state index contributed by atoms with van der Waals surface area (Å²) in [6.45, 7) is 0. The van der Waals surface area contributed by atoms with Gasteiger partial charge in [-0.3, -0.25) is 0 Å². The molecule has 2 heterocycles. The summed E-state index contributed by atoms with van der Waals surface area (Å²) in [5, 5.41) is 10.6. The molecular formula is C10H13NO4S2. The average Bonchev–Trinajstić information content (AvgIpc) is 2.83. The van der Waals surface area contributed by atoms with Crippen LogP contribution >= 0.6 is 11.3 Å². The summed E-state index contributed by atoms with van der Waals surface area (Å²) in [4.78, 5) is 12.9. The number of nitrogens with zero attached hydrogens (tertiary/aromatic N) is 1. The summed E-state index contributed by atoms with van der Waals surface area (Å²) in [7, 11) is -1.11. The smallest absolute Gasteiger partial charge is 0.345 e. The van der Waals surface area contributed by atoms with E-state index in [9.17, 15) is 13.2 Å². The van der Waals surface area contributed by atoms with E-state index in [-0.39, 0.29) is 22.4 Å². The highest BCUT2D eigenvalue weighted by Crippen LogP contribution is 2.27. The Labute approximate surface area is 104 Å². The third-order valence-corrected chi connectivity index (χ3v) is 5.62. The van der Waals surface area contributed by atoms with Crippen LogP contribution in [0.25, 0.3) is 0 Å². The molecular weight excluding hydrogens is 262 g/mol. The third kappa shape index (κ3) is 2.61. The van der Waals surface area contributed by atoms with Crippen molar-refractivity contribution >= 4 is 32.8 Å². The Hall–Kier alpha value is -1.08. The summed E-state index contributed by atoms with van der Waals surface area (Å²) in [6, 6.07) is 1.54. The zero-order valence-electron chi connectivity index (χ0n) is 9.29. The SMILES string of the molecule is CN(c1csc(C(=O)O)c1)C1CCS(=O)(=O)C1. The largest absolute Gasteiger partial charge is 0.477 e. The molecule has 1 fully saturated rings. The minimum atomic E-state index is -2.91. The van der Waals surface area contributed by atoms with Crippen molar-refractivity contribution in [2.45, 2.75) is 12.5 Å². The summed E-state index contributed by atoms with van der Waals surface area (Å²) < 4.78 is 22.7. The van der Waals surface area contributed by atoms with Crippen molar-refractivity contribution in [1.82, 2.24) is 0 Å². The van der Waals surface area contributed by atoms with E-state index in [1.165, 1.54) is 0 Å². The van der Waals surface area contributed by atoms with Gasteiger partial charge in [0.15, 0.2) is 9.84 Å². The van der Waals surface area contributed by atoms with Crippen LogP contribution in [0.3, 0.4) is 0 Å². The Bertz CT molecular complexity index is 534. The zero-order valence-corrected chi connectivity index (χ0v) is 10.9. The number of rotatable bonds is 3. The Morgan fingerprint density at radius 2 is 2.29 bits per heavy atom. The van der Waals surface area contributed by atoms with Crippen LogP contribution in [0.5, 0.6) is 0 Å². The lowest BCUT2D eigenvalue weighted by molar-refractivity contribution is 0.0702. The second-order valence-electron chi connectivity index (χ2n) is 4.14. The Balaban J connectivity index is 2.14. The lowest BCUT2D eigenvalue weighted by Gasteiger charge is -2.24. The summed E-state index contributed by atoms with van der Waals surface area (Å²) in [5.74, 6) is -0.576. The van der Waals surface area contributed by atoms with E-state index >= 15 is 0 Å². The van der Waals surface area contributed by atoms with Crippen LogP contribution in [-0.4, -0.2) is 44.1 Å². The maximum absolute atomic E-state index is 11.4. The van der Waals surface area contributed by atoms with Gasteiger partial charge in [0.05, 0.1) is 11.5 Å². The Morgan fingerprint density at radius 3 is 2.76 bits per heavy atom. The van der Waals surface area contributed by atoms with E-state index in [1.807, 2.05) is 4.90 Å². The summed E-state index contributed by atoms with van der Waals surface area (Å²) in [5.41, 5.74) is 0.773. The quantitative estimate of drug-likeness (QED) is 0.893. The van der Waals surface area contributed by atoms with Gasteiger partial charge in [0.2, 0.25) is 0 Å². The first-order valence-corrected chi connectivity index (χ1v) is 7.84. The number of carbonyl (C=O) groups is 1. The van der Waals surface area contributed by atoms with Gasteiger partial charge >= 0.3 is 5.97 Å². The Morgan fingerprint density at radius 1 is 1.59 bits per heavy atom. The molecule has 0 radical (unpaired) electrons. The van der Waals surface area contributed by atoms with Crippen LogP contribution in [0.2, 0.25) is 0 Å². The number of carboxylic acids is 1. The van der Waals surface area contributed by atoms with Crippen LogP contribution in [0, 0.1) is 0 Å². The molecule has 1 saturated heterocycles. The molecule has 0 aromatic carbocycles. The van der Waals surface area contributed by atoms with Crippen LogP contribution in [0.15, 0.2) is 11.4 Å². The highest BCUT2D eigenvalue weighted by Gasteiger charge is 2.31. The maximum Gasteiger partial charge on any atom is 0.345 e. The lowest BCUT2D eigenvalue weighted by atomic mass is 10.2. The van der Waals surface area contributed by atoms with Crippen molar-refractivity contribution in [1.29, 1.82) is 0 Å². The summed E-state index contributed by atoms with van der Waals surface area (Å²) >= 11 is 1.15. The molecule has 1 unspecified atom stereocenters. The molecule has 1 atom stereocenters. The predicted molar refractivity (Wildman–Crippen MR) is 66.7 cm³/mol. The van der Waals surface area contributed by atoms with E-state index in [4.69, 9.17) is 5.11 Å². The van der Waals surface area contributed by atoms with Crippen molar-refractivity contribution in [3.05, 3.63) is 16.3 Å². The second-order valence-corrected chi connectivity index (χ2v) is 7.28. The fraction of sp³-hybridized carbons (Fsp3) is 0.500. The molecule has 94 valence electrons. The highest BCUT2D eigenvalue weighted by molar-refractivity contribution is 7.91. The van der Waals surface area contributed by atoms with Crippen molar-refractivity contribution in [2.75, 3.05) is 23.5 Å². The van der Waals surface area contributed by atoms with Gasteiger partial charge in [-0.25, -0.2) is 13.2 Å². The first-order valence-electron chi connectivity index (χ1n) is 5.14. The van der Waals surface area contributed by atoms with Gasteiger partial charge in [-0.1, -0.05) is 0 Å². The van der Waals surface area contributed by atoms with Crippen LogP contribution in [-0.2, 0) is 9.84 Å². The fourth-order valence-corrected chi connectivity index (χ4v) is 4.46. The van der Waals surface area contributed by atoms with Crippen LogP contribution in [0.1, 0.15) is 16.1 Å². The number of hydrogen-bond donors (Lipinski definition) is 1. The number of aromatic carboxylic acids is 1.